The van der Waals surface area contributed by atoms with Crippen LogP contribution in [0.15, 0.2) is 0 Å². The molecule has 5 heteroatoms. The molecule has 104 valence electrons. The fraction of sp³-hybridized carbons (Fsp3) is 1.00. The summed E-state index contributed by atoms with van der Waals surface area (Å²) < 4.78 is 17.3. The molecule has 0 N–H and O–H groups in total. The van der Waals surface area contributed by atoms with E-state index in [-0.39, 0.29) is 6.10 Å². The molecule has 0 aliphatic rings. The third kappa shape index (κ3) is 6.34. The first-order valence-corrected chi connectivity index (χ1v) is 7.92. The van der Waals surface area contributed by atoms with Gasteiger partial charge in [-0.05, 0) is 45.6 Å². The van der Waals surface area contributed by atoms with Gasteiger partial charge in [-0.25, -0.2) is 0 Å². The Labute approximate surface area is 115 Å². The van der Waals surface area contributed by atoms with Gasteiger partial charge in [-0.3, -0.25) is 0 Å². The summed E-state index contributed by atoms with van der Waals surface area (Å²) in [6, 6.07) is 0. The van der Waals surface area contributed by atoms with Crippen molar-refractivity contribution < 1.29 is 14.2 Å². The Bertz CT molecular complexity index is 173. The predicted octanol–water partition coefficient (Wildman–Crippen LogP) is 3.19. The topological polar surface area (TPSA) is 27.7 Å². The molecule has 17 heavy (non-hydrogen) atoms. The average Bonchev–Trinajstić information content (AvgIpc) is 2.30. The van der Waals surface area contributed by atoms with Crippen molar-refractivity contribution in [2.24, 2.45) is 0 Å². The van der Waals surface area contributed by atoms with Crippen LogP contribution in [-0.2, 0) is 14.2 Å². The smallest absolute Gasteiger partial charge is 0.245 e. The Morgan fingerprint density at radius 3 is 2.12 bits per heavy atom. The maximum atomic E-state index is 5.82. The van der Waals surface area contributed by atoms with Crippen LogP contribution in [0.1, 0.15) is 34.1 Å². The summed E-state index contributed by atoms with van der Waals surface area (Å²) in [5.74, 6) is 1.84. The fourth-order valence-electron chi connectivity index (χ4n) is 1.51. The van der Waals surface area contributed by atoms with Gasteiger partial charge in [-0.2, -0.15) is 12.6 Å². The zero-order valence-corrected chi connectivity index (χ0v) is 13.1. The molecule has 0 heterocycles. The summed E-state index contributed by atoms with van der Waals surface area (Å²) >= 11 is 5.89. The van der Waals surface area contributed by atoms with Crippen LogP contribution in [-0.4, -0.2) is 42.5 Å². The highest BCUT2D eigenvalue weighted by atomic mass is 32.2. The quantitative estimate of drug-likeness (QED) is 0.358. The molecular weight excluding hydrogens is 256 g/mol. The summed E-state index contributed by atoms with van der Waals surface area (Å²) in [4.78, 5) is 0. The van der Waals surface area contributed by atoms with Crippen LogP contribution in [0, 0.1) is 0 Å². The van der Waals surface area contributed by atoms with Crippen molar-refractivity contribution >= 4 is 24.4 Å². The number of ether oxygens (including phenoxy) is 3. The maximum Gasteiger partial charge on any atom is 0.245 e. The van der Waals surface area contributed by atoms with Crippen molar-refractivity contribution in [3.8, 4) is 0 Å². The van der Waals surface area contributed by atoms with Crippen molar-refractivity contribution in [1.29, 1.82) is 0 Å². The van der Waals surface area contributed by atoms with E-state index in [0.29, 0.717) is 19.8 Å². The maximum absolute atomic E-state index is 5.82. The van der Waals surface area contributed by atoms with Crippen LogP contribution < -0.4 is 0 Å². The minimum Gasteiger partial charge on any atom is -0.372 e. The molecule has 0 spiro atoms. The zero-order chi connectivity index (χ0) is 13.1. The molecule has 0 saturated heterocycles. The molecule has 0 bridgehead atoms. The van der Waals surface area contributed by atoms with Gasteiger partial charge in [0, 0.05) is 19.8 Å². The molecular formula is C12H26O3S2. The van der Waals surface area contributed by atoms with E-state index < -0.39 is 5.12 Å². The number of thiol groups is 1. The monoisotopic (exact) mass is 282 g/mol. The lowest BCUT2D eigenvalue weighted by Crippen LogP contribution is -2.45. The van der Waals surface area contributed by atoms with Gasteiger partial charge in [-0.15, -0.1) is 0 Å². The third-order valence-corrected chi connectivity index (χ3v) is 3.99. The van der Waals surface area contributed by atoms with Gasteiger partial charge in [0.05, 0.1) is 0 Å². The van der Waals surface area contributed by atoms with E-state index >= 15 is 0 Å². The van der Waals surface area contributed by atoms with E-state index in [9.17, 15) is 0 Å². The molecule has 1 atom stereocenters. The lowest BCUT2D eigenvalue weighted by molar-refractivity contribution is -0.223. The van der Waals surface area contributed by atoms with E-state index in [2.05, 4.69) is 12.6 Å². The number of hydrogen-bond donors (Lipinski definition) is 1. The minimum atomic E-state index is -0.678. The van der Waals surface area contributed by atoms with E-state index in [4.69, 9.17) is 14.2 Å². The molecule has 0 aliphatic heterocycles. The summed E-state index contributed by atoms with van der Waals surface area (Å²) in [6.45, 7) is 9.84. The van der Waals surface area contributed by atoms with Crippen LogP contribution in [0.5, 0.6) is 0 Å². The second-order valence-electron chi connectivity index (χ2n) is 3.49. The van der Waals surface area contributed by atoms with Gasteiger partial charge in [0.1, 0.15) is 6.10 Å². The Kier molecular flexibility index (Phi) is 10.9. The summed E-state index contributed by atoms with van der Waals surface area (Å²) in [7, 11) is 0. The van der Waals surface area contributed by atoms with Gasteiger partial charge in [0.2, 0.25) is 5.12 Å². The molecule has 0 rings (SSSR count). The van der Waals surface area contributed by atoms with Crippen LogP contribution in [0.3, 0.4) is 0 Å². The van der Waals surface area contributed by atoms with Crippen molar-refractivity contribution in [1.82, 2.24) is 0 Å². The van der Waals surface area contributed by atoms with Gasteiger partial charge in [0.15, 0.2) is 0 Å². The second kappa shape index (κ2) is 10.5. The molecule has 0 aromatic heterocycles. The first kappa shape index (κ1) is 17.6. The highest BCUT2D eigenvalue weighted by molar-refractivity contribution is 8.00. The largest absolute Gasteiger partial charge is 0.372 e. The summed E-state index contributed by atoms with van der Waals surface area (Å²) in [5.41, 5.74) is 0. The Morgan fingerprint density at radius 2 is 1.71 bits per heavy atom. The Morgan fingerprint density at radius 1 is 1.12 bits per heavy atom. The number of hydrogen-bond acceptors (Lipinski definition) is 5. The number of thioether (sulfide) groups is 1. The molecule has 3 nitrogen and oxygen atoms in total. The number of rotatable bonds is 11. The standard InChI is InChI=1S/C12H26O3S2/c1-5-13-11(4)12(14-6-2,15-7-3)17-10-8-9-16/h11,16H,5-10H2,1-4H3. The molecule has 0 aromatic carbocycles. The molecule has 1 unspecified atom stereocenters. The van der Waals surface area contributed by atoms with E-state index in [1.807, 2.05) is 27.7 Å². The lowest BCUT2D eigenvalue weighted by atomic mass is 10.4. The first-order valence-electron chi connectivity index (χ1n) is 6.31. The Hall–Kier alpha value is 0.580. The van der Waals surface area contributed by atoms with Crippen molar-refractivity contribution in [3.63, 3.8) is 0 Å². The lowest BCUT2D eigenvalue weighted by Gasteiger charge is -2.37. The molecule has 0 amide bonds. The van der Waals surface area contributed by atoms with E-state index in [1.54, 1.807) is 11.8 Å². The van der Waals surface area contributed by atoms with Gasteiger partial charge < -0.3 is 14.2 Å². The minimum absolute atomic E-state index is 0.0858. The molecule has 0 fully saturated rings. The van der Waals surface area contributed by atoms with Crippen molar-refractivity contribution in [2.45, 2.75) is 45.3 Å². The second-order valence-corrected chi connectivity index (χ2v) is 5.21. The van der Waals surface area contributed by atoms with Crippen LogP contribution in [0.4, 0.5) is 0 Å². The van der Waals surface area contributed by atoms with Gasteiger partial charge >= 0.3 is 0 Å². The average molecular weight is 282 g/mol. The van der Waals surface area contributed by atoms with E-state index in [0.717, 1.165) is 17.9 Å². The van der Waals surface area contributed by atoms with Crippen LogP contribution in [0.25, 0.3) is 0 Å². The van der Waals surface area contributed by atoms with Gasteiger partial charge in [-0.1, -0.05) is 11.8 Å². The van der Waals surface area contributed by atoms with Crippen molar-refractivity contribution in [3.05, 3.63) is 0 Å². The SMILES string of the molecule is CCOC(C)C(OCC)(OCC)SCCCS. The van der Waals surface area contributed by atoms with Gasteiger partial charge in [0.25, 0.3) is 0 Å². The highest BCUT2D eigenvalue weighted by Gasteiger charge is 2.39. The molecule has 0 radical (unpaired) electrons. The molecule has 0 aliphatic carbocycles. The van der Waals surface area contributed by atoms with Crippen LogP contribution >= 0.6 is 24.4 Å². The summed E-state index contributed by atoms with van der Waals surface area (Å²) in [5, 5.41) is -0.678. The van der Waals surface area contributed by atoms with E-state index in [1.165, 1.54) is 0 Å². The summed E-state index contributed by atoms with van der Waals surface area (Å²) in [6.07, 6.45) is 0.950. The zero-order valence-electron chi connectivity index (χ0n) is 11.4. The highest BCUT2D eigenvalue weighted by Crippen LogP contribution is 2.34. The molecule has 0 saturated carbocycles. The Balaban J connectivity index is 4.57. The predicted molar refractivity (Wildman–Crippen MR) is 78.0 cm³/mol. The van der Waals surface area contributed by atoms with Crippen LogP contribution in [0.2, 0.25) is 0 Å². The third-order valence-electron chi connectivity index (χ3n) is 2.21. The first-order chi connectivity index (χ1) is 8.16. The normalized spacial score (nSPS) is 13.9. The molecule has 0 aromatic rings. The van der Waals surface area contributed by atoms with Crippen molar-refractivity contribution in [2.75, 3.05) is 31.3 Å². The fourth-order valence-corrected chi connectivity index (χ4v) is 3.16.